The molecule has 1 aliphatic rings. The molecule has 168 valence electrons. The smallest absolute Gasteiger partial charge is 0.244 e. The molecule has 3 rings (SSSR count). The summed E-state index contributed by atoms with van der Waals surface area (Å²) in [6.45, 7) is 1.24. The van der Waals surface area contributed by atoms with E-state index in [1.807, 2.05) is 6.07 Å². The molecular weight excluding hydrogens is 478 g/mol. The van der Waals surface area contributed by atoms with Crippen LogP contribution < -0.4 is 10.1 Å². The van der Waals surface area contributed by atoms with Gasteiger partial charge >= 0.3 is 0 Å². The van der Waals surface area contributed by atoms with E-state index in [-0.39, 0.29) is 40.9 Å². The Hall–Kier alpha value is -2.40. The minimum absolute atomic E-state index is 0.0338. The normalized spacial score (nSPS) is 15.4. The second kappa shape index (κ2) is 10.0. The monoisotopic (exact) mass is 496 g/mol. The summed E-state index contributed by atoms with van der Waals surface area (Å²) in [7, 11) is -3.84. The molecule has 7 nitrogen and oxygen atoms in total. The molecule has 11 heteroatoms. The molecule has 0 amide bonds. The third-order valence-electron chi connectivity index (χ3n) is 5.05. The number of rotatable bonds is 9. The maximum Gasteiger partial charge on any atom is 0.244 e. The van der Waals surface area contributed by atoms with Gasteiger partial charge in [0.05, 0.1) is 23.3 Å². The quantitative estimate of drug-likeness (QED) is 0.531. The Balaban J connectivity index is 1.74. The molecule has 2 aromatic rings. The van der Waals surface area contributed by atoms with Crippen LogP contribution in [0.5, 0.6) is 5.75 Å². The maximum absolute atomic E-state index is 13.9. The first kappa shape index (κ1) is 24.2. The molecule has 1 fully saturated rings. The highest BCUT2D eigenvalue weighted by Gasteiger charge is 2.49. The summed E-state index contributed by atoms with van der Waals surface area (Å²) in [5.74, 6) is -0.457. The number of hydrogen-bond donors (Lipinski definition) is 1. The first-order valence-corrected chi connectivity index (χ1v) is 11.8. The van der Waals surface area contributed by atoms with Crippen molar-refractivity contribution in [2.75, 3.05) is 32.8 Å². The Kier molecular flexibility index (Phi) is 7.60. The van der Waals surface area contributed by atoms with Crippen molar-refractivity contribution in [2.45, 2.75) is 11.3 Å². The van der Waals surface area contributed by atoms with Gasteiger partial charge in [0.25, 0.3) is 0 Å². The zero-order valence-electron chi connectivity index (χ0n) is 16.8. The molecule has 1 aliphatic heterocycles. The third kappa shape index (κ3) is 5.32. The summed E-state index contributed by atoms with van der Waals surface area (Å²) in [6.07, 6.45) is 0.306. The summed E-state index contributed by atoms with van der Waals surface area (Å²) in [5.41, 5.74) is -0.683. The molecule has 0 aliphatic carbocycles. The van der Waals surface area contributed by atoms with Gasteiger partial charge in [-0.05, 0) is 30.3 Å². The van der Waals surface area contributed by atoms with Crippen LogP contribution in [0.4, 0.5) is 4.39 Å². The maximum atomic E-state index is 13.9. The molecule has 2 aromatic carbocycles. The zero-order valence-corrected chi connectivity index (χ0v) is 19.1. The van der Waals surface area contributed by atoms with Crippen molar-refractivity contribution < 1.29 is 17.5 Å². The fourth-order valence-electron chi connectivity index (χ4n) is 3.36. The van der Waals surface area contributed by atoms with E-state index in [4.69, 9.17) is 38.5 Å². The zero-order chi connectivity index (χ0) is 23.4. The van der Waals surface area contributed by atoms with Gasteiger partial charge in [-0.15, -0.1) is 0 Å². The van der Waals surface area contributed by atoms with Crippen molar-refractivity contribution in [3.63, 3.8) is 0 Å². The van der Waals surface area contributed by atoms with Gasteiger partial charge in [0, 0.05) is 49.1 Å². The van der Waals surface area contributed by atoms with Gasteiger partial charge in [-0.3, -0.25) is 0 Å². The molecule has 0 aromatic heterocycles. The molecule has 0 bridgehead atoms. The number of sulfonamides is 1. The van der Waals surface area contributed by atoms with Crippen molar-refractivity contribution in [1.29, 1.82) is 10.5 Å². The Morgan fingerprint density at radius 2 is 1.94 bits per heavy atom. The van der Waals surface area contributed by atoms with Crippen LogP contribution in [-0.4, -0.2) is 45.5 Å². The number of hydrogen-bond acceptors (Lipinski definition) is 6. The molecule has 1 saturated heterocycles. The van der Waals surface area contributed by atoms with Crippen LogP contribution in [0.2, 0.25) is 10.0 Å². The molecule has 0 saturated carbocycles. The van der Waals surface area contributed by atoms with E-state index in [0.29, 0.717) is 24.5 Å². The Morgan fingerprint density at radius 1 is 1.19 bits per heavy atom. The van der Waals surface area contributed by atoms with Crippen LogP contribution in [-0.2, 0) is 10.0 Å². The summed E-state index contributed by atoms with van der Waals surface area (Å²) in [5, 5.41) is 21.1. The van der Waals surface area contributed by atoms with E-state index >= 15 is 0 Å². The topological polar surface area (TPSA) is 106 Å². The SMILES string of the molecule is N#CCCNCC1(COc2ccc(C#N)c(F)c2)CN(S(=O)(=O)c2ccc(Cl)cc2Cl)C1. The van der Waals surface area contributed by atoms with E-state index in [1.54, 1.807) is 6.07 Å². The number of nitrogens with one attached hydrogen (secondary N) is 1. The molecule has 1 heterocycles. The van der Waals surface area contributed by atoms with Crippen molar-refractivity contribution >= 4 is 33.2 Å². The highest BCUT2D eigenvalue weighted by atomic mass is 35.5. The van der Waals surface area contributed by atoms with Crippen LogP contribution in [0.3, 0.4) is 0 Å². The Bertz CT molecular complexity index is 1190. The highest BCUT2D eigenvalue weighted by molar-refractivity contribution is 7.89. The summed E-state index contributed by atoms with van der Waals surface area (Å²) < 4.78 is 46.9. The van der Waals surface area contributed by atoms with Crippen molar-refractivity contribution in [2.24, 2.45) is 5.41 Å². The largest absolute Gasteiger partial charge is 0.493 e. The van der Waals surface area contributed by atoms with Crippen LogP contribution in [0.25, 0.3) is 0 Å². The lowest BCUT2D eigenvalue weighted by Crippen LogP contribution is -2.64. The van der Waals surface area contributed by atoms with Crippen molar-refractivity contribution in [3.05, 3.63) is 57.8 Å². The third-order valence-corrected chi connectivity index (χ3v) is 7.56. The van der Waals surface area contributed by atoms with Crippen LogP contribution in [0, 0.1) is 33.9 Å². The fraction of sp³-hybridized carbons (Fsp3) is 0.333. The fourth-order valence-corrected chi connectivity index (χ4v) is 5.77. The second-order valence-corrected chi connectivity index (χ2v) is 10.2. The lowest BCUT2D eigenvalue weighted by molar-refractivity contribution is 0.0196. The van der Waals surface area contributed by atoms with Gasteiger partial charge in [-0.1, -0.05) is 23.2 Å². The van der Waals surface area contributed by atoms with Gasteiger partial charge in [-0.25, -0.2) is 12.8 Å². The molecule has 0 radical (unpaired) electrons. The van der Waals surface area contributed by atoms with Crippen LogP contribution in [0.1, 0.15) is 12.0 Å². The molecule has 32 heavy (non-hydrogen) atoms. The first-order chi connectivity index (χ1) is 15.2. The molecule has 0 spiro atoms. The lowest BCUT2D eigenvalue weighted by Gasteiger charge is -2.48. The summed E-state index contributed by atoms with van der Waals surface area (Å²) in [4.78, 5) is -0.0373. The summed E-state index contributed by atoms with van der Waals surface area (Å²) in [6, 6.07) is 11.9. The number of benzene rings is 2. The van der Waals surface area contributed by atoms with Crippen LogP contribution >= 0.6 is 23.2 Å². The van der Waals surface area contributed by atoms with Crippen molar-refractivity contribution in [1.82, 2.24) is 9.62 Å². The molecular formula is C21H19Cl2FN4O3S. The molecule has 1 N–H and O–H groups in total. The minimum Gasteiger partial charge on any atom is -0.493 e. The molecule has 0 unspecified atom stereocenters. The van der Waals surface area contributed by atoms with E-state index in [1.165, 1.54) is 34.6 Å². The Labute approximate surface area is 196 Å². The van der Waals surface area contributed by atoms with E-state index < -0.39 is 21.3 Å². The number of ether oxygens (including phenoxy) is 1. The van der Waals surface area contributed by atoms with Gasteiger partial charge in [-0.2, -0.15) is 14.8 Å². The number of halogens is 3. The van der Waals surface area contributed by atoms with Gasteiger partial charge in [0.2, 0.25) is 10.0 Å². The lowest BCUT2D eigenvalue weighted by atomic mass is 9.82. The minimum atomic E-state index is -3.84. The number of nitrogens with zero attached hydrogens (tertiary/aromatic N) is 3. The van der Waals surface area contributed by atoms with E-state index in [2.05, 4.69) is 5.32 Å². The predicted molar refractivity (Wildman–Crippen MR) is 117 cm³/mol. The molecule has 0 atom stereocenters. The Morgan fingerprint density at radius 3 is 2.56 bits per heavy atom. The standard InChI is InChI=1S/C21H19Cl2FN4O3S/c22-16-3-5-20(18(23)8-16)32(29,30)28-12-21(13-28,11-27-7-1-6-25)14-31-17-4-2-15(10-26)19(24)9-17/h2-5,8-9,27H,1,7,11-14H2. The summed E-state index contributed by atoms with van der Waals surface area (Å²) >= 11 is 12.0. The van der Waals surface area contributed by atoms with Crippen LogP contribution in [0.15, 0.2) is 41.3 Å². The average molecular weight is 497 g/mol. The van der Waals surface area contributed by atoms with Gasteiger partial charge in [0.15, 0.2) is 0 Å². The van der Waals surface area contributed by atoms with Crippen molar-refractivity contribution in [3.8, 4) is 17.9 Å². The van der Waals surface area contributed by atoms with Gasteiger partial charge < -0.3 is 10.1 Å². The first-order valence-electron chi connectivity index (χ1n) is 9.56. The van der Waals surface area contributed by atoms with E-state index in [0.717, 1.165) is 6.07 Å². The van der Waals surface area contributed by atoms with E-state index in [9.17, 15) is 12.8 Å². The predicted octanol–water partition coefficient (Wildman–Crippen LogP) is 3.58. The highest BCUT2D eigenvalue weighted by Crippen LogP contribution is 2.37. The number of nitriles is 2. The van der Waals surface area contributed by atoms with Gasteiger partial charge in [0.1, 0.15) is 22.5 Å². The second-order valence-electron chi connectivity index (χ2n) is 7.47. The average Bonchev–Trinajstić information content (AvgIpc) is 2.71.